The van der Waals surface area contributed by atoms with Crippen LogP contribution in [0.2, 0.25) is 0 Å². The Bertz CT molecular complexity index is 1160. The number of esters is 1. The van der Waals surface area contributed by atoms with Crippen molar-refractivity contribution in [1.82, 2.24) is 20.2 Å². The zero-order valence-electron chi connectivity index (χ0n) is 21.7. The highest BCUT2D eigenvalue weighted by Crippen LogP contribution is 2.35. The number of aromatic nitrogens is 4. The van der Waals surface area contributed by atoms with Gasteiger partial charge in [-0.2, -0.15) is 0 Å². The largest absolute Gasteiger partial charge is 0.497 e. The van der Waals surface area contributed by atoms with Gasteiger partial charge in [-0.3, -0.25) is 4.79 Å². The Hall–Kier alpha value is -2.81. The van der Waals surface area contributed by atoms with Crippen LogP contribution in [0, 0.1) is 17.7 Å². The molecule has 0 spiro atoms. The van der Waals surface area contributed by atoms with Crippen LogP contribution in [0.4, 0.5) is 4.39 Å². The van der Waals surface area contributed by atoms with Gasteiger partial charge in [-0.05, 0) is 101 Å². The standard InChI is InChI=1S/C27H34BrFN4O3/c1-17(2)13-22(26(34)36-27(3,4)5)21(14-19-9-12-23(28)24(29)15-19)25-30-31-32-33(25)16-18-7-10-20(35-6)11-8-18/h7-12,15,17,21-22H,13-14,16H2,1-6H3/t21-,22?/m0/s1. The number of hydrogen-bond donors (Lipinski definition) is 0. The van der Waals surface area contributed by atoms with Crippen LogP contribution < -0.4 is 4.74 Å². The summed E-state index contributed by atoms with van der Waals surface area (Å²) in [6.07, 6.45) is 0.956. The van der Waals surface area contributed by atoms with Gasteiger partial charge in [-0.1, -0.05) is 32.0 Å². The fourth-order valence-corrected chi connectivity index (χ4v) is 4.38. The van der Waals surface area contributed by atoms with Crippen molar-refractivity contribution in [3.8, 4) is 5.75 Å². The summed E-state index contributed by atoms with van der Waals surface area (Å²) in [4.78, 5) is 13.5. The minimum atomic E-state index is -0.643. The van der Waals surface area contributed by atoms with Crippen molar-refractivity contribution in [3.63, 3.8) is 0 Å². The van der Waals surface area contributed by atoms with Crippen LogP contribution in [0.15, 0.2) is 46.9 Å². The Morgan fingerprint density at radius 1 is 1.11 bits per heavy atom. The Kier molecular flexibility index (Phi) is 9.22. The van der Waals surface area contributed by atoms with Crippen LogP contribution in [0.25, 0.3) is 0 Å². The van der Waals surface area contributed by atoms with Gasteiger partial charge in [0.25, 0.3) is 0 Å². The number of tetrazole rings is 1. The van der Waals surface area contributed by atoms with E-state index in [-0.39, 0.29) is 17.7 Å². The molecular formula is C27H34BrFN4O3. The topological polar surface area (TPSA) is 79.1 Å². The fraction of sp³-hybridized carbons (Fsp3) is 0.481. The summed E-state index contributed by atoms with van der Waals surface area (Å²) in [6.45, 7) is 10.1. The third kappa shape index (κ3) is 7.59. The molecule has 3 aromatic rings. The van der Waals surface area contributed by atoms with E-state index in [0.29, 0.717) is 29.7 Å². The van der Waals surface area contributed by atoms with E-state index in [0.717, 1.165) is 16.9 Å². The van der Waals surface area contributed by atoms with Gasteiger partial charge in [0.15, 0.2) is 5.82 Å². The van der Waals surface area contributed by atoms with Gasteiger partial charge in [0.1, 0.15) is 17.2 Å². The van der Waals surface area contributed by atoms with Crippen LogP contribution in [0.3, 0.4) is 0 Å². The molecule has 36 heavy (non-hydrogen) atoms. The number of halogens is 2. The normalized spacial score (nSPS) is 13.5. The van der Waals surface area contributed by atoms with E-state index in [4.69, 9.17) is 9.47 Å². The van der Waals surface area contributed by atoms with Gasteiger partial charge < -0.3 is 9.47 Å². The molecule has 0 aliphatic heterocycles. The minimum absolute atomic E-state index is 0.220. The minimum Gasteiger partial charge on any atom is -0.497 e. The highest BCUT2D eigenvalue weighted by Gasteiger charge is 2.37. The zero-order chi connectivity index (χ0) is 26.5. The summed E-state index contributed by atoms with van der Waals surface area (Å²) in [7, 11) is 1.62. The van der Waals surface area contributed by atoms with E-state index in [2.05, 4.69) is 45.3 Å². The molecule has 0 saturated heterocycles. The van der Waals surface area contributed by atoms with E-state index >= 15 is 0 Å². The van der Waals surface area contributed by atoms with Crippen molar-refractivity contribution in [2.45, 2.75) is 65.5 Å². The highest BCUT2D eigenvalue weighted by atomic mass is 79.9. The van der Waals surface area contributed by atoms with Gasteiger partial charge in [0, 0.05) is 5.92 Å². The second-order valence-corrected chi connectivity index (χ2v) is 11.2. The number of carbonyl (C=O) groups excluding carboxylic acids is 1. The summed E-state index contributed by atoms with van der Waals surface area (Å²) in [6, 6.07) is 12.7. The van der Waals surface area contributed by atoms with E-state index in [1.165, 1.54) is 6.07 Å². The van der Waals surface area contributed by atoms with Crippen LogP contribution in [-0.4, -0.2) is 38.9 Å². The molecule has 0 amide bonds. The third-order valence-corrected chi connectivity index (χ3v) is 6.39. The summed E-state index contributed by atoms with van der Waals surface area (Å²) in [5, 5.41) is 12.5. The maximum Gasteiger partial charge on any atom is 0.310 e. The molecule has 9 heteroatoms. The number of benzene rings is 2. The average molecular weight is 561 g/mol. The van der Waals surface area contributed by atoms with Crippen molar-refractivity contribution < 1.29 is 18.7 Å². The summed E-state index contributed by atoms with van der Waals surface area (Å²) < 4.78 is 27.6. The van der Waals surface area contributed by atoms with Crippen molar-refractivity contribution in [1.29, 1.82) is 0 Å². The zero-order valence-corrected chi connectivity index (χ0v) is 23.3. The Balaban J connectivity index is 2.03. The lowest BCUT2D eigenvalue weighted by atomic mass is 9.81. The Morgan fingerprint density at radius 3 is 2.36 bits per heavy atom. The molecule has 2 atom stereocenters. The molecule has 0 radical (unpaired) electrons. The number of nitrogens with zero attached hydrogens (tertiary/aromatic N) is 4. The molecule has 0 aliphatic rings. The molecular weight excluding hydrogens is 527 g/mol. The van der Waals surface area contributed by atoms with Gasteiger partial charge >= 0.3 is 5.97 Å². The summed E-state index contributed by atoms with van der Waals surface area (Å²) in [5.74, 6) is -0.0665. The number of ether oxygens (including phenoxy) is 2. The monoisotopic (exact) mass is 560 g/mol. The van der Waals surface area contributed by atoms with E-state index < -0.39 is 17.4 Å². The van der Waals surface area contributed by atoms with Gasteiger partial charge in [0.05, 0.1) is 24.0 Å². The molecule has 0 N–H and O–H groups in total. The molecule has 1 unspecified atom stereocenters. The first kappa shape index (κ1) is 27.8. The average Bonchev–Trinajstić information content (AvgIpc) is 3.25. The lowest BCUT2D eigenvalue weighted by molar-refractivity contribution is -0.161. The predicted molar refractivity (Wildman–Crippen MR) is 139 cm³/mol. The lowest BCUT2D eigenvalue weighted by Crippen LogP contribution is -2.34. The predicted octanol–water partition coefficient (Wildman–Crippen LogP) is 5.96. The van der Waals surface area contributed by atoms with Gasteiger partial charge in [-0.25, -0.2) is 9.07 Å². The molecule has 3 rings (SSSR count). The first-order valence-corrected chi connectivity index (χ1v) is 12.8. The van der Waals surface area contributed by atoms with E-state index in [1.807, 2.05) is 51.1 Å². The van der Waals surface area contributed by atoms with Crippen LogP contribution in [0.1, 0.15) is 63.9 Å². The summed E-state index contributed by atoms with van der Waals surface area (Å²) in [5.41, 5.74) is 1.09. The number of methoxy groups -OCH3 is 1. The van der Waals surface area contributed by atoms with Crippen LogP contribution >= 0.6 is 15.9 Å². The second kappa shape index (κ2) is 12.0. The van der Waals surface area contributed by atoms with Gasteiger partial charge in [0.2, 0.25) is 0 Å². The number of hydrogen-bond acceptors (Lipinski definition) is 6. The van der Waals surface area contributed by atoms with Crippen molar-refractivity contribution in [2.24, 2.45) is 11.8 Å². The summed E-state index contributed by atoms with van der Waals surface area (Å²) >= 11 is 3.22. The molecule has 1 heterocycles. The van der Waals surface area contributed by atoms with Gasteiger partial charge in [-0.15, -0.1) is 5.10 Å². The van der Waals surface area contributed by atoms with Crippen LogP contribution in [0.5, 0.6) is 5.75 Å². The maximum absolute atomic E-state index is 14.4. The number of rotatable bonds is 10. The first-order valence-electron chi connectivity index (χ1n) is 12.0. The highest BCUT2D eigenvalue weighted by molar-refractivity contribution is 9.10. The first-order chi connectivity index (χ1) is 17.0. The SMILES string of the molecule is COc1ccc(Cn2nnnc2[C@@H](Cc2ccc(Br)c(F)c2)C(CC(C)C)C(=O)OC(C)(C)C)cc1. The number of carbonyl (C=O) groups is 1. The van der Waals surface area contributed by atoms with Crippen molar-refractivity contribution >= 4 is 21.9 Å². The smallest absolute Gasteiger partial charge is 0.310 e. The Labute approximate surface area is 220 Å². The molecule has 0 bridgehead atoms. The Morgan fingerprint density at radius 2 is 1.78 bits per heavy atom. The van der Waals surface area contributed by atoms with Crippen molar-refractivity contribution in [3.05, 3.63) is 69.7 Å². The second-order valence-electron chi connectivity index (χ2n) is 10.4. The molecule has 7 nitrogen and oxygen atoms in total. The maximum atomic E-state index is 14.4. The quantitative estimate of drug-likeness (QED) is 0.284. The fourth-order valence-electron chi connectivity index (χ4n) is 4.14. The molecule has 2 aromatic carbocycles. The lowest BCUT2D eigenvalue weighted by Gasteiger charge is -2.30. The van der Waals surface area contributed by atoms with E-state index in [9.17, 15) is 9.18 Å². The third-order valence-electron chi connectivity index (χ3n) is 5.74. The molecule has 194 valence electrons. The molecule has 1 aromatic heterocycles. The molecule has 0 fully saturated rings. The van der Waals surface area contributed by atoms with Crippen LogP contribution in [-0.2, 0) is 22.5 Å². The molecule has 0 saturated carbocycles. The van der Waals surface area contributed by atoms with Crippen molar-refractivity contribution in [2.75, 3.05) is 7.11 Å². The van der Waals surface area contributed by atoms with E-state index in [1.54, 1.807) is 17.9 Å². The molecule has 0 aliphatic carbocycles.